The van der Waals surface area contributed by atoms with Gasteiger partial charge in [0.1, 0.15) is 53.9 Å². The number of piperidine rings is 1. The number of primary amides is 1. The van der Waals surface area contributed by atoms with Crippen molar-refractivity contribution in [2.24, 2.45) is 29.4 Å². The zero-order valence-electron chi connectivity index (χ0n) is 67.1. The summed E-state index contributed by atoms with van der Waals surface area (Å²) in [4.78, 5) is 155. The van der Waals surface area contributed by atoms with Crippen LogP contribution in [-0.2, 0) is 75.0 Å². The Bertz CT molecular complexity index is 3440. The van der Waals surface area contributed by atoms with Gasteiger partial charge in [-0.25, -0.2) is 24.8 Å². The molecule has 0 bridgehead atoms. The lowest BCUT2D eigenvalue weighted by Gasteiger charge is -2.40. The first-order chi connectivity index (χ1) is 53.7. The van der Waals surface area contributed by atoms with Gasteiger partial charge >= 0.3 is 18.2 Å². The highest BCUT2D eigenvalue weighted by Gasteiger charge is 2.39. The Morgan fingerprint density at radius 2 is 1.39 bits per heavy atom. The summed E-state index contributed by atoms with van der Waals surface area (Å²) in [6, 6.07) is 8.44. The molecular weight excluding hydrogens is 1470 g/mol. The zero-order chi connectivity index (χ0) is 81.9. The van der Waals surface area contributed by atoms with E-state index in [1.54, 1.807) is 73.5 Å². The first kappa shape index (κ1) is 93.6. The van der Waals surface area contributed by atoms with Crippen molar-refractivity contribution in [3.05, 3.63) is 87.9 Å². The van der Waals surface area contributed by atoms with E-state index in [0.29, 0.717) is 74.6 Å². The predicted octanol–water partition coefficient (Wildman–Crippen LogP) is 7.06. The van der Waals surface area contributed by atoms with E-state index >= 15 is 0 Å². The number of nitrogens with zero attached hydrogens (tertiary/aromatic N) is 4. The van der Waals surface area contributed by atoms with Gasteiger partial charge in [-0.1, -0.05) is 112 Å². The molecule has 0 radical (unpaired) electrons. The zero-order valence-corrected chi connectivity index (χ0v) is 67.9. The van der Waals surface area contributed by atoms with Gasteiger partial charge in [-0.3, -0.25) is 48.7 Å². The van der Waals surface area contributed by atoms with Gasteiger partial charge in [0.05, 0.1) is 45.7 Å². The molecule has 0 saturated carbocycles. The number of likely N-dealkylation sites (N-methyl/N-ethyl adjacent to an activating group) is 1. The lowest BCUT2D eigenvalue weighted by Crippen LogP contribution is -2.58. The minimum absolute atomic E-state index is 0.00516. The summed E-state index contributed by atoms with van der Waals surface area (Å²) >= 11 is 1.29. The van der Waals surface area contributed by atoms with E-state index in [1.165, 1.54) is 23.5 Å². The maximum atomic E-state index is 14.9. The van der Waals surface area contributed by atoms with Gasteiger partial charge in [0.2, 0.25) is 41.4 Å². The van der Waals surface area contributed by atoms with Crippen LogP contribution >= 0.6 is 11.3 Å². The van der Waals surface area contributed by atoms with Crippen molar-refractivity contribution >= 4 is 82.5 Å². The van der Waals surface area contributed by atoms with Gasteiger partial charge < -0.3 is 86.3 Å². The number of carbonyl (C=O) groups is 11. The Hall–Kier alpha value is -9.02. The van der Waals surface area contributed by atoms with Crippen molar-refractivity contribution < 1.29 is 86.3 Å². The molecule has 0 aliphatic carbocycles. The lowest BCUT2D eigenvalue weighted by molar-refractivity contribution is -0.143. The summed E-state index contributed by atoms with van der Waals surface area (Å²) in [5, 5.41) is 32.0. The number of nitrogens with two attached hydrogens (primary N) is 1. The first-order valence-corrected chi connectivity index (χ1v) is 40.4. The molecular formula is C79H124N14O18S. The number of rotatable bonds is 52. The number of aromatic hydroxyl groups is 1. The molecule has 0 spiro atoms. The molecule has 5 rings (SSSR count). The third-order valence-corrected chi connectivity index (χ3v) is 20.2. The number of urea groups is 1. The quantitative estimate of drug-likeness (QED) is 0.0199. The molecule has 3 aromatic rings. The number of alkyl carbamates (subject to hydrolysis) is 1. The van der Waals surface area contributed by atoms with Crippen LogP contribution < -0.4 is 53.8 Å². The first-order valence-electron chi connectivity index (χ1n) is 39.5. The fourth-order valence-electron chi connectivity index (χ4n) is 12.7. The minimum atomic E-state index is -1.04. The second-order valence-electron chi connectivity index (χ2n) is 29.1. The average Bonchev–Trinajstić information content (AvgIpc) is 0.988. The van der Waals surface area contributed by atoms with Gasteiger partial charge in [0, 0.05) is 87.3 Å². The summed E-state index contributed by atoms with van der Waals surface area (Å²) in [7, 11) is 1.96. The fourth-order valence-corrected chi connectivity index (χ4v) is 13.6. The molecule has 12 N–H and O–H groups in total. The molecule has 32 nitrogen and oxygen atoms in total. The van der Waals surface area contributed by atoms with Gasteiger partial charge in [-0.15, -0.1) is 11.3 Å². The Morgan fingerprint density at radius 1 is 0.696 bits per heavy atom. The van der Waals surface area contributed by atoms with Crippen molar-refractivity contribution in [1.82, 2.24) is 62.4 Å². The number of ether oxygens (including phenoxy) is 6. The number of phenols is 1. The van der Waals surface area contributed by atoms with E-state index in [-0.39, 0.29) is 157 Å². The van der Waals surface area contributed by atoms with E-state index in [9.17, 15) is 57.8 Å². The van der Waals surface area contributed by atoms with Gasteiger partial charge in [-0.2, -0.15) is 0 Å². The molecule has 2 aromatic carbocycles. The van der Waals surface area contributed by atoms with Gasteiger partial charge in [0.15, 0.2) is 0 Å². The Kier molecular flexibility index (Phi) is 43.1. The van der Waals surface area contributed by atoms with Crippen LogP contribution in [0.2, 0.25) is 0 Å². The van der Waals surface area contributed by atoms with Crippen LogP contribution in [0, 0.1) is 23.7 Å². The minimum Gasteiger partial charge on any atom is -0.508 e. The van der Waals surface area contributed by atoms with Crippen molar-refractivity contribution in [3.63, 3.8) is 0 Å². The van der Waals surface area contributed by atoms with Crippen molar-refractivity contribution in [2.45, 2.75) is 208 Å². The van der Waals surface area contributed by atoms with Crippen molar-refractivity contribution in [3.8, 4) is 5.75 Å². The Labute approximate surface area is 663 Å². The van der Waals surface area contributed by atoms with Crippen LogP contribution in [-0.4, -0.2) is 226 Å². The van der Waals surface area contributed by atoms with Crippen LogP contribution in [0.15, 0.2) is 66.1 Å². The molecule has 2 aliphatic rings. The maximum Gasteiger partial charge on any atom is 0.426 e. The maximum absolute atomic E-state index is 14.9. The number of anilines is 1. The highest BCUT2D eigenvalue weighted by atomic mass is 32.1. The molecule has 1 aromatic heterocycles. The highest BCUT2D eigenvalue weighted by molar-refractivity contribution is 7.09. The van der Waals surface area contributed by atoms with Gasteiger partial charge in [-0.05, 0) is 131 Å². The number of unbranched alkanes of at least 4 members (excludes halogenated alkanes) is 2. The largest absolute Gasteiger partial charge is 0.508 e. The number of nitrogens with one attached hydrogen (secondary N) is 9. The summed E-state index contributed by atoms with van der Waals surface area (Å²) in [5.41, 5.74) is 11.8. The molecule has 1 saturated heterocycles. The second kappa shape index (κ2) is 51.6. The highest BCUT2D eigenvalue weighted by Crippen LogP contribution is 2.32. The van der Waals surface area contributed by atoms with Crippen LogP contribution in [0.4, 0.5) is 20.1 Å². The lowest BCUT2D eigenvalue weighted by atomic mass is 9.92. The monoisotopic (exact) mass is 1590 g/mol. The Balaban J connectivity index is 0.970. The number of hydrogen-bond donors (Lipinski definition) is 11. The van der Waals surface area contributed by atoms with E-state index in [1.807, 2.05) is 45.7 Å². The number of carbonyl (C=O) groups excluding carboxylic acids is 11. The molecule has 3 heterocycles. The third kappa shape index (κ3) is 34.5. The van der Waals surface area contributed by atoms with Crippen LogP contribution in [0.25, 0.3) is 0 Å². The third-order valence-electron chi connectivity index (χ3n) is 19.3. The summed E-state index contributed by atoms with van der Waals surface area (Å²) in [6.07, 6.45) is 9.52. The van der Waals surface area contributed by atoms with Crippen LogP contribution in [0.5, 0.6) is 5.75 Å². The summed E-state index contributed by atoms with van der Waals surface area (Å²) in [5.74, 6) is -3.79. The number of hydrazine groups is 1. The number of phenolic OH excluding ortho intramolecular Hbond substituents is 1. The van der Waals surface area contributed by atoms with E-state index in [4.69, 9.17) is 39.1 Å². The molecule has 624 valence electrons. The molecule has 112 heavy (non-hydrogen) atoms. The second-order valence-corrected chi connectivity index (χ2v) is 30.0. The van der Waals surface area contributed by atoms with Crippen LogP contribution in [0.3, 0.4) is 0 Å². The van der Waals surface area contributed by atoms with Crippen LogP contribution in [0.1, 0.15) is 185 Å². The van der Waals surface area contributed by atoms with Crippen molar-refractivity contribution in [2.75, 3.05) is 104 Å². The Morgan fingerprint density at radius 3 is 2.04 bits per heavy atom. The smallest absolute Gasteiger partial charge is 0.426 e. The normalized spacial score (nSPS) is 15.7. The van der Waals surface area contributed by atoms with E-state index < -0.39 is 78.0 Å². The standard InChI is InChI=1S/C79H124N14O18S/c1-11-35-93(76(102)69(54(8)13-3)88-73(100)63-22-16-18-36-91(63)10)64(52(4)5)49-65(109-39-12-2)75-86-62(51-112-75)72(99)84-59(48-56-27-31-60(94)32-28-56)47-55(9)70(97)89-90-79(105)110-46-45-108-44-43-107-42-41-106-40-34-82-78(104)111-50-57-25-29-58(30-26-57)83-71(98)61(21-19-33-81-77(80)103)85-74(101)68(53(6)7)87-66(95)23-15-14-17-37-92-38-20-24-67(92)96/h20,24-32,51-55,59,61,63-65,68-69,94H,11-19,21-23,33-50H2,1-10H3,(H,82,104)(H,83,98)(H,84,99)(H,85,101)(H,87,95)(H,88,100)(H,89,97)(H,90,105)(H3,80,81,103). The average molecular weight is 1590 g/mol. The van der Waals surface area contributed by atoms with Crippen molar-refractivity contribution in [1.29, 1.82) is 0 Å². The molecule has 1 fully saturated rings. The topological polar surface area (TPSA) is 420 Å². The molecule has 9 unspecified atom stereocenters. The fraction of sp³-hybridized carbons (Fsp3) is 0.646. The number of amides is 12. The van der Waals surface area contributed by atoms with E-state index in [0.717, 1.165) is 50.6 Å². The number of benzene rings is 2. The number of hydrogen-bond acceptors (Lipinski definition) is 21. The molecule has 33 heteroatoms. The number of thiazole rings is 1. The molecule has 2 aliphatic heterocycles. The molecule has 9 atom stereocenters. The predicted molar refractivity (Wildman–Crippen MR) is 423 cm³/mol. The summed E-state index contributed by atoms with van der Waals surface area (Å²) in [6.45, 7) is 21.5. The number of aromatic nitrogens is 1. The van der Waals surface area contributed by atoms with Gasteiger partial charge in [0.25, 0.3) is 5.91 Å². The SMILES string of the molecule is CCCOC(CC(C(C)C)N(CCC)C(=O)C(NC(=O)C1CCCCN1C)C(C)CC)c1nc(C(=O)NC(Cc2ccc(O)cc2)CC(C)C(=O)NNC(=O)OCCOCCOCCOCCNC(=O)OCc2ccc(NC(=O)C(CCCNC(N)=O)NC(=O)C(NC(=O)CCCCCN3CC=CC3=O)C(C)C)cc2)cs1. The number of likely N-dealkylation sites (tertiary alicyclic amines) is 1. The molecule has 12 amide bonds. The summed E-state index contributed by atoms with van der Waals surface area (Å²) < 4.78 is 33.6. The van der Waals surface area contributed by atoms with E-state index in [2.05, 4.69) is 66.8 Å².